The maximum absolute atomic E-state index is 12.5. The van der Waals surface area contributed by atoms with Crippen LogP contribution in [0.25, 0.3) is 5.52 Å². The van der Waals surface area contributed by atoms with Crippen LogP contribution in [0.3, 0.4) is 0 Å². The molecule has 0 spiro atoms. The molecule has 1 aliphatic heterocycles. The molecule has 1 saturated heterocycles. The Morgan fingerprint density at radius 2 is 2.38 bits per heavy atom. The first-order chi connectivity index (χ1) is 11.7. The number of amides is 1. The van der Waals surface area contributed by atoms with E-state index in [1.807, 2.05) is 48.0 Å². The van der Waals surface area contributed by atoms with Gasteiger partial charge in [0.05, 0.1) is 12.2 Å². The largest absolute Gasteiger partial charge is 0.381 e. The minimum absolute atomic E-state index is 0.156. The third kappa shape index (κ3) is 2.80. The van der Waals surface area contributed by atoms with Gasteiger partial charge in [0.15, 0.2) is 5.82 Å². The van der Waals surface area contributed by atoms with Crippen molar-refractivity contribution in [2.24, 2.45) is 0 Å². The quantitative estimate of drug-likeness (QED) is 0.777. The van der Waals surface area contributed by atoms with E-state index in [2.05, 4.69) is 15.5 Å². The lowest BCUT2D eigenvalue weighted by molar-refractivity contribution is 0.0793. The van der Waals surface area contributed by atoms with Gasteiger partial charge in [0.1, 0.15) is 0 Å². The third-order valence-corrected chi connectivity index (χ3v) is 4.55. The molecule has 6 nitrogen and oxygen atoms in total. The van der Waals surface area contributed by atoms with Gasteiger partial charge in [0, 0.05) is 42.2 Å². The van der Waals surface area contributed by atoms with Crippen LogP contribution >= 0.6 is 0 Å². The van der Waals surface area contributed by atoms with Crippen molar-refractivity contribution in [3.05, 3.63) is 53.5 Å². The summed E-state index contributed by atoms with van der Waals surface area (Å²) >= 11 is 0. The lowest BCUT2D eigenvalue weighted by Gasteiger charge is -2.20. The van der Waals surface area contributed by atoms with E-state index in [1.54, 1.807) is 0 Å². The number of H-pyrrole nitrogens is 1. The lowest BCUT2D eigenvalue weighted by Crippen LogP contribution is -2.15. The zero-order valence-electron chi connectivity index (χ0n) is 13.6. The molecule has 4 heterocycles. The highest BCUT2D eigenvalue weighted by atomic mass is 16.5. The topological polar surface area (TPSA) is 71.4 Å². The number of hydrogen-bond acceptors (Lipinski definition) is 3. The number of pyridine rings is 1. The van der Waals surface area contributed by atoms with Crippen LogP contribution in [0.4, 0.5) is 5.82 Å². The van der Waals surface area contributed by atoms with Gasteiger partial charge < -0.3 is 14.5 Å². The first kappa shape index (κ1) is 15.0. The molecule has 24 heavy (non-hydrogen) atoms. The molecule has 2 N–H and O–H groups in total. The van der Waals surface area contributed by atoms with Gasteiger partial charge in [-0.1, -0.05) is 6.07 Å². The average molecular weight is 324 g/mol. The van der Waals surface area contributed by atoms with E-state index >= 15 is 0 Å². The van der Waals surface area contributed by atoms with Crippen molar-refractivity contribution in [2.45, 2.75) is 25.7 Å². The van der Waals surface area contributed by atoms with Crippen LogP contribution in [0.2, 0.25) is 0 Å². The van der Waals surface area contributed by atoms with Crippen LogP contribution in [0.5, 0.6) is 0 Å². The summed E-state index contributed by atoms with van der Waals surface area (Å²) in [6.07, 6.45) is 5.91. The molecular formula is C18H20N4O2. The summed E-state index contributed by atoms with van der Waals surface area (Å²) in [7, 11) is 0. The zero-order valence-corrected chi connectivity index (χ0v) is 13.6. The molecule has 0 radical (unpaired) electrons. The average Bonchev–Trinajstić information content (AvgIpc) is 3.23. The van der Waals surface area contributed by atoms with Crippen molar-refractivity contribution in [1.82, 2.24) is 14.6 Å². The maximum atomic E-state index is 12.5. The molecule has 0 aliphatic carbocycles. The van der Waals surface area contributed by atoms with E-state index in [0.29, 0.717) is 23.9 Å². The van der Waals surface area contributed by atoms with Crippen molar-refractivity contribution >= 4 is 17.2 Å². The summed E-state index contributed by atoms with van der Waals surface area (Å²) in [5.41, 5.74) is 3.80. The Kier molecular flexibility index (Phi) is 3.82. The standard InChI is InChI=1S/C18H20N4O2/c1-12-4-2-6-22-10-14(8-16(12)22)18(23)19-17-9-15(20-21-17)13-5-3-7-24-11-13/h2,4,6,8-10,13H,3,5,7,11H2,1H3,(H2,19,20,21,23). The summed E-state index contributed by atoms with van der Waals surface area (Å²) in [5, 5.41) is 10.1. The molecule has 1 unspecified atom stereocenters. The molecular weight excluding hydrogens is 304 g/mol. The van der Waals surface area contributed by atoms with Crippen molar-refractivity contribution in [2.75, 3.05) is 18.5 Å². The fraction of sp³-hybridized carbons (Fsp3) is 0.333. The van der Waals surface area contributed by atoms with Crippen LogP contribution in [0.1, 0.15) is 40.4 Å². The Hall–Kier alpha value is -2.60. The predicted octanol–water partition coefficient (Wildman–Crippen LogP) is 3.12. The summed E-state index contributed by atoms with van der Waals surface area (Å²) < 4.78 is 7.46. The SMILES string of the molecule is Cc1cccn2cc(C(=O)Nc3cc(C4CCCOC4)[nH]n3)cc12. The molecule has 3 aromatic rings. The minimum Gasteiger partial charge on any atom is -0.381 e. The molecule has 4 rings (SSSR count). The van der Waals surface area contributed by atoms with E-state index < -0.39 is 0 Å². The van der Waals surface area contributed by atoms with E-state index in [9.17, 15) is 4.79 Å². The number of aryl methyl sites for hydroxylation is 1. The number of ether oxygens (including phenoxy) is 1. The van der Waals surface area contributed by atoms with Crippen molar-refractivity contribution in [3.8, 4) is 0 Å². The Morgan fingerprint density at radius 1 is 1.46 bits per heavy atom. The zero-order chi connectivity index (χ0) is 16.5. The maximum Gasteiger partial charge on any atom is 0.258 e. The van der Waals surface area contributed by atoms with Gasteiger partial charge in [0.2, 0.25) is 0 Å². The van der Waals surface area contributed by atoms with Gasteiger partial charge in [-0.2, -0.15) is 5.10 Å². The van der Waals surface area contributed by atoms with Gasteiger partial charge in [-0.15, -0.1) is 0 Å². The molecule has 124 valence electrons. The highest BCUT2D eigenvalue weighted by Gasteiger charge is 2.19. The summed E-state index contributed by atoms with van der Waals surface area (Å²) in [4.78, 5) is 12.5. The fourth-order valence-corrected chi connectivity index (χ4v) is 3.19. The first-order valence-corrected chi connectivity index (χ1v) is 8.22. The van der Waals surface area contributed by atoms with Crippen LogP contribution in [-0.2, 0) is 4.74 Å². The fourth-order valence-electron chi connectivity index (χ4n) is 3.19. The van der Waals surface area contributed by atoms with Gasteiger partial charge in [-0.3, -0.25) is 9.89 Å². The van der Waals surface area contributed by atoms with E-state index in [4.69, 9.17) is 4.74 Å². The number of fused-ring (bicyclic) bond motifs is 1. The molecule has 3 aromatic heterocycles. The predicted molar refractivity (Wildman–Crippen MR) is 91.5 cm³/mol. The van der Waals surface area contributed by atoms with Crippen molar-refractivity contribution in [3.63, 3.8) is 0 Å². The molecule has 1 atom stereocenters. The molecule has 1 amide bonds. The highest BCUT2D eigenvalue weighted by molar-refractivity contribution is 6.04. The Balaban J connectivity index is 1.51. The summed E-state index contributed by atoms with van der Waals surface area (Å²) in [6.45, 7) is 3.57. The smallest absolute Gasteiger partial charge is 0.258 e. The monoisotopic (exact) mass is 324 g/mol. The number of nitrogens with one attached hydrogen (secondary N) is 2. The summed E-state index contributed by atoms with van der Waals surface area (Å²) in [5.74, 6) is 0.722. The van der Waals surface area contributed by atoms with Crippen LogP contribution < -0.4 is 5.32 Å². The number of anilines is 1. The van der Waals surface area contributed by atoms with E-state index in [1.165, 1.54) is 0 Å². The number of aromatic nitrogens is 3. The second-order valence-electron chi connectivity index (χ2n) is 6.29. The van der Waals surface area contributed by atoms with Gasteiger partial charge in [-0.05, 0) is 37.5 Å². The van der Waals surface area contributed by atoms with Crippen molar-refractivity contribution in [1.29, 1.82) is 0 Å². The molecule has 1 aliphatic rings. The number of rotatable bonds is 3. The van der Waals surface area contributed by atoms with Crippen LogP contribution in [-0.4, -0.2) is 33.7 Å². The minimum atomic E-state index is -0.156. The van der Waals surface area contributed by atoms with Gasteiger partial charge >= 0.3 is 0 Å². The van der Waals surface area contributed by atoms with Gasteiger partial charge in [0.25, 0.3) is 5.91 Å². The Bertz CT molecular complexity index is 874. The highest BCUT2D eigenvalue weighted by Crippen LogP contribution is 2.25. The van der Waals surface area contributed by atoms with Crippen LogP contribution in [0.15, 0.2) is 36.7 Å². The van der Waals surface area contributed by atoms with Gasteiger partial charge in [-0.25, -0.2) is 0 Å². The Morgan fingerprint density at radius 3 is 3.17 bits per heavy atom. The number of carbonyl (C=O) groups is 1. The molecule has 6 heteroatoms. The normalized spacial score (nSPS) is 18.0. The van der Waals surface area contributed by atoms with E-state index in [0.717, 1.165) is 36.2 Å². The van der Waals surface area contributed by atoms with Crippen LogP contribution in [0, 0.1) is 6.92 Å². The molecule has 0 bridgehead atoms. The number of carbonyl (C=O) groups excluding carboxylic acids is 1. The van der Waals surface area contributed by atoms with E-state index in [-0.39, 0.29) is 5.91 Å². The summed E-state index contributed by atoms with van der Waals surface area (Å²) in [6, 6.07) is 7.80. The third-order valence-electron chi connectivity index (χ3n) is 4.55. The second-order valence-corrected chi connectivity index (χ2v) is 6.29. The number of hydrogen-bond donors (Lipinski definition) is 2. The van der Waals surface area contributed by atoms with Crippen molar-refractivity contribution < 1.29 is 9.53 Å². The lowest BCUT2D eigenvalue weighted by atomic mass is 9.99. The number of aromatic amines is 1. The molecule has 0 saturated carbocycles. The number of nitrogens with zero attached hydrogens (tertiary/aromatic N) is 2. The molecule has 0 aromatic carbocycles. The second kappa shape index (κ2) is 6.13. The first-order valence-electron chi connectivity index (χ1n) is 8.22. The molecule has 1 fully saturated rings. The Labute approximate surface area is 139 Å².